The Morgan fingerprint density at radius 2 is 1.57 bits per heavy atom. The average molecular weight is 645 g/mol. The predicted octanol–water partition coefficient (Wildman–Crippen LogP) is 7.95. The highest BCUT2D eigenvalue weighted by Crippen LogP contribution is 2.51. The number of para-hydroxylation sites is 1. The Hall–Kier alpha value is -4.43. The zero-order valence-corrected chi connectivity index (χ0v) is 26.5. The molecule has 0 aromatic heterocycles. The van der Waals surface area contributed by atoms with Gasteiger partial charge in [-0.15, -0.1) is 0 Å². The van der Waals surface area contributed by atoms with E-state index in [9.17, 15) is 19.7 Å². The lowest BCUT2D eigenvalue weighted by molar-refractivity contribution is 0.0593. The third-order valence-corrected chi connectivity index (χ3v) is 9.98. The minimum Gasteiger partial charge on any atom is -0.508 e. The molecule has 1 saturated heterocycles. The monoisotopic (exact) mass is 644 g/mol. The van der Waals surface area contributed by atoms with E-state index in [0.717, 1.165) is 27.8 Å². The zero-order valence-electron chi connectivity index (χ0n) is 25.7. The van der Waals surface area contributed by atoms with E-state index in [1.807, 2.05) is 66.7 Å². The summed E-state index contributed by atoms with van der Waals surface area (Å²) in [5.74, 6) is -0.733. The number of aromatic hydroxyl groups is 1. The standard InChI is InChI=1S/C39H34BClO6/c41-34-21-28(42)17-15-26(34)19-25(24-9-3-1-4-10-24)16-18-35-36-27(23-46-29-11-5-2-6-12-29)20-32-37(33(36)22-40(45)47-35)39(44)31-14-8-7-13-30(31)38(32)43/h1-15,17,19,21,32-33,35,37,42,45H,16,18,20,22-23H2/b25-19-/t32-,33+,35-,37-/m1/s1. The molecule has 7 rings (SSSR count). The van der Waals surface area contributed by atoms with Gasteiger partial charge in [0.15, 0.2) is 11.6 Å². The van der Waals surface area contributed by atoms with Gasteiger partial charge in [-0.25, -0.2) is 0 Å². The lowest BCUT2D eigenvalue weighted by Gasteiger charge is -2.47. The van der Waals surface area contributed by atoms with Crippen LogP contribution >= 0.6 is 11.6 Å². The summed E-state index contributed by atoms with van der Waals surface area (Å²) < 4.78 is 12.5. The summed E-state index contributed by atoms with van der Waals surface area (Å²) in [4.78, 5) is 28.0. The van der Waals surface area contributed by atoms with Crippen molar-refractivity contribution in [3.8, 4) is 11.5 Å². The molecule has 4 atom stereocenters. The quantitative estimate of drug-likeness (QED) is 0.115. The molecule has 0 bridgehead atoms. The number of hydrogen-bond acceptors (Lipinski definition) is 6. The van der Waals surface area contributed by atoms with Crippen LogP contribution in [0.25, 0.3) is 11.6 Å². The first-order valence-corrected chi connectivity index (χ1v) is 16.4. The molecule has 0 saturated carbocycles. The van der Waals surface area contributed by atoms with E-state index in [-0.39, 0.29) is 36.2 Å². The van der Waals surface area contributed by atoms with Crippen molar-refractivity contribution in [1.29, 1.82) is 0 Å². The molecule has 2 N–H and O–H groups in total. The van der Waals surface area contributed by atoms with Gasteiger partial charge in [-0.3, -0.25) is 9.59 Å². The summed E-state index contributed by atoms with van der Waals surface area (Å²) in [7, 11) is -1.08. The molecule has 3 aliphatic rings. The number of carbonyl (C=O) groups excluding carboxylic acids is 2. The number of benzene rings is 4. The van der Waals surface area contributed by atoms with Crippen molar-refractivity contribution in [3.05, 3.63) is 142 Å². The number of phenols is 1. The predicted molar refractivity (Wildman–Crippen MR) is 183 cm³/mol. The Balaban J connectivity index is 1.26. The molecule has 1 heterocycles. The summed E-state index contributed by atoms with van der Waals surface area (Å²) >= 11 is 6.51. The second-order valence-corrected chi connectivity index (χ2v) is 12.9. The number of Topliss-reactive ketones (excluding diaryl/α,β-unsaturated/α-hetero) is 2. The van der Waals surface area contributed by atoms with Gasteiger partial charge in [0.25, 0.3) is 0 Å². The van der Waals surface area contributed by atoms with Crippen molar-refractivity contribution in [2.45, 2.75) is 31.7 Å². The molecule has 47 heavy (non-hydrogen) atoms. The maximum atomic E-state index is 14.1. The van der Waals surface area contributed by atoms with Gasteiger partial charge in [-0.05, 0) is 95.8 Å². The van der Waals surface area contributed by atoms with Crippen molar-refractivity contribution in [2.75, 3.05) is 6.61 Å². The van der Waals surface area contributed by atoms with Crippen LogP contribution in [0.4, 0.5) is 0 Å². The van der Waals surface area contributed by atoms with Crippen LogP contribution in [-0.4, -0.2) is 41.5 Å². The lowest BCUT2D eigenvalue weighted by Crippen LogP contribution is -2.51. The number of rotatable bonds is 8. The number of phenolic OH excluding ortho intramolecular Hbond substituents is 1. The first-order chi connectivity index (χ1) is 22.9. The normalized spacial score (nSPS) is 22.4. The Kier molecular flexibility index (Phi) is 8.87. The van der Waals surface area contributed by atoms with Gasteiger partial charge in [0.05, 0.1) is 11.1 Å². The topological polar surface area (TPSA) is 93.1 Å². The number of fused-ring (bicyclic) bond motifs is 4. The molecule has 1 fully saturated rings. The second kappa shape index (κ2) is 13.4. The van der Waals surface area contributed by atoms with E-state index < -0.39 is 25.1 Å². The molecule has 2 aliphatic carbocycles. The third kappa shape index (κ3) is 6.31. The second-order valence-electron chi connectivity index (χ2n) is 12.5. The van der Waals surface area contributed by atoms with Gasteiger partial charge in [-0.2, -0.15) is 0 Å². The molecule has 0 spiro atoms. The molecular formula is C39H34BClO6. The summed E-state index contributed by atoms with van der Waals surface area (Å²) in [5, 5.41) is 21.4. The maximum absolute atomic E-state index is 14.1. The Morgan fingerprint density at radius 3 is 2.30 bits per heavy atom. The van der Waals surface area contributed by atoms with E-state index in [1.54, 1.807) is 36.4 Å². The first kappa shape index (κ1) is 31.2. The molecule has 0 amide bonds. The highest BCUT2D eigenvalue weighted by Gasteiger charge is 2.53. The van der Waals surface area contributed by atoms with Crippen LogP contribution in [-0.2, 0) is 4.65 Å². The zero-order chi connectivity index (χ0) is 32.5. The van der Waals surface area contributed by atoms with E-state index in [1.165, 1.54) is 6.07 Å². The minimum absolute atomic E-state index is 0.0286. The highest BCUT2D eigenvalue weighted by atomic mass is 35.5. The van der Waals surface area contributed by atoms with Crippen molar-refractivity contribution in [1.82, 2.24) is 0 Å². The fourth-order valence-electron chi connectivity index (χ4n) is 7.55. The van der Waals surface area contributed by atoms with Gasteiger partial charge in [0.1, 0.15) is 18.1 Å². The molecule has 8 heteroatoms. The fourth-order valence-corrected chi connectivity index (χ4v) is 7.78. The van der Waals surface area contributed by atoms with Crippen molar-refractivity contribution in [3.63, 3.8) is 0 Å². The summed E-state index contributed by atoms with van der Waals surface area (Å²) in [6, 6.07) is 31.5. The van der Waals surface area contributed by atoms with Gasteiger partial charge in [0, 0.05) is 23.0 Å². The smallest absolute Gasteiger partial charge is 0.455 e. The Labute approximate surface area is 279 Å². The molecule has 0 unspecified atom stereocenters. The molecule has 6 nitrogen and oxygen atoms in total. The molecule has 4 aromatic rings. The molecule has 236 valence electrons. The van der Waals surface area contributed by atoms with Gasteiger partial charge in [-0.1, -0.05) is 84.4 Å². The number of allylic oxidation sites excluding steroid dienone is 1. The van der Waals surface area contributed by atoms with E-state index in [4.69, 9.17) is 21.0 Å². The summed E-state index contributed by atoms with van der Waals surface area (Å²) in [6.45, 7) is 0.253. The number of ketones is 2. The van der Waals surface area contributed by atoms with Crippen LogP contribution in [0.2, 0.25) is 11.3 Å². The fraction of sp³-hybridized carbons (Fsp3) is 0.231. The van der Waals surface area contributed by atoms with E-state index in [2.05, 4.69) is 0 Å². The molecule has 1 aliphatic heterocycles. The van der Waals surface area contributed by atoms with E-state index in [0.29, 0.717) is 41.2 Å². The number of halogens is 1. The van der Waals surface area contributed by atoms with Crippen LogP contribution in [0.1, 0.15) is 51.1 Å². The van der Waals surface area contributed by atoms with Gasteiger partial charge >= 0.3 is 7.12 Å². The Morgan fingerprint density at radius 1 is 0.894 bits per heavy atom. The van der Waals surface area contributed by atoms with Crippen LogP contribution in [0.15, 0.2) is 114 Å². The van der Waals surface area contributed by atoms with E-state index >= 15 is 0 Å². The summed E-state index contributed by atoms with van der Waals surface area (Å²) in [6.07, 6.45) is 3.23. The van der Waals surface area contributed by atoms with Crippen LogP contribution in [0.5, 0.6) is 11.5 Å². The minimum atomic E-state index is -1.08. The van der Waals surface area contributed by atoms with Crippen molar-refractivity contribution >= 4 is 41.9 Å². The van der Waals surface area contributed by atoms with Gasteiger partial charge < -0.3 is 19.5 Å². The molecule has 0 radical (unpaired) electrons. The van der Waals surface area contributed by atoms with Crippen molar-refractivity contribution < 1.29 is 29.1 Å². The largest absolute Gasteiger partial charge is 0.508 e. The third-order valence-electron chi connectivity index (χ3n) is 9.65. The summed E-state index contributed by atoms with van der Waals surface area (Å²) in [5.41, 5.74) is 5.63. The lowest BCUT2D eigenvalue weighted by atomic mass is 9.54. The first-order valence-electron chi connectivity index (χ1n) is 16.0. The highest BCUT2D eigenvalue weighted by molar-refractivity contribution is 6.43. The number of carbonyl (C=O) groups is 2. The van der Waals surface area contributed by atoms with Crippen LogP contribution in [0.3, 0.4) is 0 Å². The maximum Gasteiger partial charge on any atom is 0.455 e. The van der Waals surface area contributed by atoms with Gasteiger partial charge in [0.2, 0.25) is 0 Å². The number of hydrogen-bond donors (Lipinski definition) is 2. The molecular weight excluding hydrogens is 611 g/mol. The molecule has 4 aromatic carbocycles. The average Bonchev–Trinajstić information content (AvgIpc) is 3.09. The SMILES string of the molecule is O=C1c2ccccc2C(=O)[C@@H]2CC(COc3ccccc3)=C3[C@@H](CC/C(=C/c4ccc(O)cc4Cl)c4ccccc4)OB(O)C[C@@H]3[C@H]12. The Bertz CT molecular complexity index is 1870. The number of ether oxygens (including phenoxy) is 1. The van der Waals surface area contributed by atoms with Crippen LogP contribution in [0, 0.1) is 17.8 Å². The van der Waals surface area contributed by atoms with Crippen LogP contribution < -0.4 is 4.74 Å². The van der Waals surface area contributed by atoms with Crippen molar-refractivity contribution in [2.24, 2.45) is 17.8 Å².